The highest BCUT2D eigenvalue weighted by Crippen LogP contribution is 2.09. The molecule has 0 unspecified atom stereocenters. The number of hydrogen-bond donors (Lipinski definition) is 3. The first-order valence-electron chi connectivity index (χ1n) is 4.42. The number of rotatable bonds is 3. The van der Waals surface area contributed by atoms with Crippen LogP contribution in [0.2, 0.25) is 0 Å². The van der Waals surface area contributed by atoms with E-state index in [1.807, 2.05) is 0 Å². The van der Waals surface area contributed by atoms with Crippen LogP contribution in [0.25, 0.3) is 0 Å². The molecule has 0 aromatic heterocycles. The lowest BCUT2D eigenvalue weighted by molar-refractivity contribution is 0.0925. The maximum atomic E-state index is 11.5. The van der Waals surface area contributed by atoms with Crippen LogP contribution in [0, 0.1) is 0 Å². The zero-order valence-corrected chi connectivity index (χ0v) is 8.03. The SMILES string of the molecule is C[C@H](O)CNC(=O)c1ccccc1N. The fourth-order valence-electron chi connectivity index (χ4n) is 1.04. The Balaban J connectivity index is 2.65. The van der Waals surface area contributed by atoms with Crippen molar-refractivity contribution in [2.75, 3.05) is 12.3 Å². The van der Waals surface area contributed by atoms with Gasteiger partial charge in [0.1, 0.15) is 0 Å². The lowest BCUT2D eigenvalue weighted by atomic mass is 10.1. The Morgan fingerprint density at radius 1 is 1.57 bits per heavy atom. The molecule has 0 heterocycles. The fourth-order valence-corrected chi connectivity index (χ4v) is 1.04. The van der Waals surface area contributed by atoms with Gasteiger partial charge in [-0.1, -0.05) is 12.1 Å². The summed E-state index contributed by atoms with van der Waals surface area (Å²) < 4.78 is 0. The summed E-state index contributed by atoms with van der Waals surface area (Å²) in [7, 11) is 0. The Hall–Kier alpha value is -1.55. The molecule has 1 aromatic rings. The maximum Gasteiger partial charge on any atom is 0.253 e. The zero-order chi connectivity index (χ0) is 10.6. The van der Waals surface area contributed by atoms with Crippen molar-refractivity contribution >= 4 is 11.6 Å². The molecule has 14 heavy (non-hydrogen) atoms. The molecule has 4 nitrogen and oxygen atoms in total. The topological polar surface area (TPSA) is 75.3 Å². The van der Waals surface area contributed by atoms with Crippen molar-refractivity contribution < 1.29 is 9.90 Å². The third-order valence-electron chi connectivity index (χ3n) is 1.76. The molecule has 1 rings (SSSR count). The number of aliphatic hydroxyl groups is 1. The van der Waals surface area contributed by atoms with Crippen LogP contribution < -0.4 is 11.1 Å². The predicted molar refractivity (Wildman–Crippen MR) is 54.9 cm³/mol. The molecule has 0 radical (unpaired) electrons. The normalized spacial score (nSPS) is 12.1. The highest BCUT2D eigenvalue weighted by atomic mass is 16.3. The molecule has 0 aliphatic rings. The molecule has 1 amide bonds. The first-order chi connectivity index (χ1) is 6.61. The van der Waals surface area contributed by atoms with Crippen LogP contribution in [0.15, 0.2) is 24.3 Å². The molecule has 1 atom stereocenters. The molecule has 0 spiro atoms. The summed E-state index contributed by atoms with van der Waals surface area (Å²) >= 11 is 0. The van der Waals surface area contributed by atoms with Crippen LogP contribution >= 0.6 is 0 Å². The molecule has 76 valence electrons. The van der Waals surface area contributed by atoms with E-state index in [1.54, 1.807) is 31.2 Å². The molecule has 4 heteroatoms. The quantitative estimate of drug-likeness (QED) is 0.609. The molecule has 0 saturated heterocycles. The van der Waals surface area contributed by atoms with Crippen molar-refractivity contribution in [2.45, 2.75) is 13.0 Å². The van der Waals surface area contributed by atoms with Gasteiger partial charge in [0.25, 0.3) is 5.91 Å². The van der Waals surface area contributed by atoms with Gasteiger partial charge in [-0.3, -0.25) is 4.79 Å². The monoisotopic (exact) mass is 194 g/mol. The van der Waals surface area contributed by atoms with Crippen LogP contribution in [0.4, 0.5) is 5.69 Å². The number of benzene rings is 1. The Morgan fingerprint density at radius 2 is 2.21 bits per heavy atom. The minimum atomic E-state index is -0.552. The summed E-state index contributed by atoms with van der Waals surface area (Å²) in [6, 6.07) is 6.82. The summed E-state index contributed by atoms with van der Waals surface area (Å²) in [5.41, 5.74) is 6.48. The fraction of sp³-hybridized carbons (Fsp3) is 0.300. The number of carbonyl (C=O) groups is 1. The van der Waals surface area contributed by atoms with E-state index in [4.69, 9.17) is 10.8 Å². The van der Waals surface area contributed by atoms with Gasteiger partial charge in [-0.05, 0) is 19.1 Å². The van der Waals surface area contributed by atoms with Gasteiger partial charge in [0.2, 0.25) is 0 Å². The Kier molecular flexibility index (Phi) is 3.48. The summed E-state index contributed by atoms with van der Waals surface area (Å²) in [6.07, 6.45) is -0.552. The lowest BCUT2D eigenvalue weighted by Gasteiger charge is -2.08. The number of anilines is 1. The van der Waals surface area contributed by atoms with Crippen molar-refractivity contribution in [1.29, 1.82) is 0 Å². The molecule has 0 bridgehead atoms. The largest absolute Gasteiger partial charge is 0.398 e. The van der Waals surface area contributed by atoms with Gasteiger partial charge < -0.3 is 16.2 Å². The van der Waals surface area contributed by atoms with Crippen molar-refractivity contribution in [1.82, 2.24) is 5.32 Å². The van der Waals surface area contributed by atoms with Crippen LogP contribution in [0.3, 0.4) is 0 Å². The minimum absolute atomic E-state index is 0.229. The van der Waals surface area contributed by atoms with E-state index >= 15 is 0 Å². The number of amides is 1. The van der Waals surface area contributed by atoms with E-state index < -0.39 is 6.10 Å². The number of nitrogens with one attached hydrogen (secondary N) is 1. The van der Waals surface area contributed by atoms with Gasteiger partial charge in [-0.2, -0.15) is 0 Å². The number of hydrogen-bond acceptors (Lipinski definition) is 3. The molecular weight excluding hydrogens is 180 g/mol. The third-order valence-corrected chi connectivity index (χ3v) is 1.76. The van der Waals surface area contributed by atoms with Gasteiger partial charge in [0.05, 0.1) is 11.7 Å². The highest BCUT2D eigenvalue weighted by Gasteiger charge is 2.08. The predicted octanol–water partition coefficient (Wildman–Crippen LogP) is 0.379. The second-order valence-electron chi connectivity index (χ2n) is 3.15. The van der Waals surface area contributed by atoms with Gasteiger partial charge >= 0.3 is 0 Å². The van der Waals surface area contributed by atoms with Crippen molar-refractivity contribution in [2.24, 2.45) is 0 Å². The first-order valence-corrected chi connectivity index (χ1v) is 4.42. The third kappa shape index (κ3) is 2.74. The molecule has 0 saturated carbocycles. The van der Waals surface area contributed by atoms with Crippen molar-refractivity contribution in [3.05, 3.63) is 29.8 Å². The molecule has 0 aliphatic heterocycles. The van der Waals surface area contributed by atoms with Gasteiger partial charge in [0.15, 0.2) is 0 Å². The summed E-state index contributed by atoms with van der Waals surface area (Å²) in [4.78, 5) is 11.5. The number of carbonyl (C=O) groups excluding carboxylic acids is 1. The van der Waals surface area contributed by atoms with Crippen LogP contribution in [0.5, 0.6) is 0 Å². The van der Waals surface area contributed by atoms with Gasteiger partial charge in [-0.15, -0.1) is 0 Å². The summed E-state index contributed by atoms with van der Waals surface area (Å²) in [6.45, 7) is 1.84. The molecular formula is C10H14N2O2. The Morgan fingerprint density at radius 3 is 2.79 bits per heavy atom. The van der Waals surface area contributed by atoms with E-state index in [0.717, 1.165) is 0 Å². The van der Waals surface area contributed by atoms with Gasteiger partial charge in [-0.25, -0.2) is 0 Å². The zero-order valence-electron chi connectivity index (χ0n) is 8.03. The summed E-state index contributed by atoms with van der Waals surface area (Å²) in [5.74, 6) is -0.260. The van der Waals surface area contributed by atoms with Crippen molar-refractivity contribution in [3.8, 4) is 0 Å². The van der Waals surface area contributed by atoms with Gasteiger partial charge in [0, 0.05) is 12.2 Å². The molecule has 0 fully saturated rings. The van der Waals surface area contributed by atoms with E-state index in [9.17, 15) is 4.79 Å². The van der Waals surface area contributed by atoms with E-state index in [2.05, 4.69) is 5.32 Å². The number of para-hydroxylation sites is 1. The smallest absolute Gasteiger partial charge is 0.253 e. The number of nitrogen functional groups attached to an aromatic ring is 1. The first kappa shape index (κ1) is 10.5. The lowest BCUT2D eigenvalue weighted by Crippen LogP contribution is -2.30. The van der Waals surface area contributed by atoms with Crippen LogP contribution in [-0.4, -0.2) is 23.7 Å². The standard InChI is InChI=1S/C10H14N2O2/c1-7(13)6-12-10(14)8-4-2-3-5-9(8)11/h2-5,7,13H,6,11H2,1H3,(H,12,14)/t7-/m0/s1. The van der Waals surface area contributed by atoms with E-state index in [-0.39, 0.29) is 12.5 Å². The minimum Gasteiger partial charge on any atom is -0.398 e. The molecule has 1 aromatic carbocycles. The second-order valence-corrected chi connectivity index (χ2v) is 3.15. The second kappa shape index (κ2) is 4.62. The van der Waals surface area contributed by atoms with E-state index in [1.165, 1.54) is 0 Å². The average molecular weight is 194 g/mol. The highest BCUT2D eigenvalue weighted by molar-refractivity contribution is 5.99. The Bertz CT molecular complexity index is 324. The number of nitrogens with two attached hydrogens (primary N) is 1. The maximum absolute atomic E-state index is 11.5. The van der Waals surface area contributed by atoms with Crippen LogP contribution in [0.1, 0.15) is 17.3 Å². The molecule has 0 aliphatic carbocycles. The number of aliphatic hydroxyl groups excluding tert-OH is 1. The van der Waals surface area contributed by atoms with E-state index in [0.29, 0.717) is 11.3 Å². The summed E-state index contributed by atoms with van der Waals surface area (Å²) in [5, 5.41) is 11.5. The molecule has 4 N–H and O–H groups in total. The van der Waals surface area contributed by atoms with Crippen LogP contribution in [-0.2, 0) is 0 Å². The average Bonchev–Trinajstić information content (AvgIpc) is 2.15. The Labute approximate surface area is 82.7 Å². The van der Waals surface area contributed by atoms with Crippen molar-refractivity contribution in [3.63, 3.8) is 0 Å².